The number of amides is 1. The number of hydrogen-bond acceptors (Lipinski definition) is 4. The number of nitrogens with one attached hydrogen (secondary N) is 1. The minimum absolute atomic E-state index is 0.208. The number of aromatic nitrogens is 1. The van der Waals surface area contributed by atoms with Crippen molar-refractivity contribution in [1.82, 2.24) is 10.3 Å². The van der Waals surface area contributed by atoms with Crippen molar-refractivity contribution in [3.05, 3.63) is 84.3 Å². The molecule has 0 saturated carbocycles. The van der Waals surface area contributed by atoms with Gasteiger partial charge in [-0.3, -0.25) is 4.79 Å². The molecule has 3 aromatic rings. The topological polar surface area (TPSA) is 60.5 Å². The van der Waals surface area contributed by atoms with E-state index in [1.54, 1.807) is 49.5 Å². The Bertz CT molecular complexity index is 903. The van der Waals surface area contributed by atoms with Crippen molar-refractivity contribution in [1.29, 1.82) is 0 Å². The van der Waals surface area contributed by atoms with Crippen molar-refractivity contribution in [2.75, 3.05) is 0 Å². The summed E-state index contributed by atoms with van der Waals surface area (Å²) < 4.78 is 24.6. The van der Waals surface area contributed by atoms with Crippen LogP contribution in [0.2, 0.25) is 0 Å². The summed E-state index contributed by atoms with van der Waals surface area (Å²) in [7, 11) is 0. The Labute approximate surface area is 156 Å². The first-order valence-electron chi connectivity index (χ1n) is 8.48. The van der Waals surface area contributed by atoms with E-state index in [1.807, 2.05) is 18.2 Å². The van der Waals surface area contributed by atoms with Gasteiger partial charge in [-0.1, -0.05) is 30.3 Å². The smallest absolute Gasteiger partial charge is 0.261 e. The van der Waals surface area contributed by atoms with Crippen LogP contribution in [0.5, 0.6) is 17.4 Å². The number of carbonyl (C=O) groups is 1. The van der Waals surface area contributed by atoms with Gasteiger partial charge in [0.15, 0.2) is 6.10 Å². The number of pyridine rings is 1. The zero-order valence-corrected chi connectivity index (χ0v) is 14.8. The van der Waals surface area contributed by atoms with Crippen LogP contribution >= 0.6 is 0 Å². The molecule has 1 amide bonds. The zero-order valence-electron chi connectivity index (χ0n) is 14.8. The molecule has 1 atom stereocenters. The first-order chi connectivity index (χ1) is 13.1. The highest BCUT2D eigenvalue weighted by Gasteiger charge is 2.15. The highest BCUT2D eigenvalue weighted by atomic mass is 19.1. The number of nitrogens with zero attached hydrogens (tertiary/aromatic N) is 1. The lowest BCUT2D eigenvalue weighted by molar-refractivity contribution is -0.127. The normalized spacial score (nSPS) is 11.5. The number of benzene rings is 2. The van der Waals surface area contributed by atoms with Crippen LogP contribution in [0.1, 0.15) is 12.5 Å². The molecule has 0 spiro atoms. The molecule has 0 bridgehead atoms. The van der Waals surface area contributed by atoms with Gasteiger partial charge in [0.2, 0.25) is 5.88 Å². The van der Waals surface area contributed by atoms with Crippen LogP contribution in [0.3, 0.4) is 0 Å². The van der Waals surface area contributed by atoms with E-state index in [0.29, 0.717) is 22.9 Å². The molecule has 0 unspecified atom stereocenters. The fourth-order valence-electron chi connectivity index (χ4n) is 2.38. The number of rotatable bonds is 7. The maximum Gasteiger partial charge on any atom is 0.261 e. The highest BCUT2D eigenvalue weighted by molar-refractivity contribution is 5.80. The molecule has 6 heteroatoms. The summed E-state index contributed by atoms with van der Waals surface area (Å²) in [5, 5.41) is 2.80. The Balaban J connectivity index is 1.61. The molecule has 1 N–H and O–H groups in total. The molecule has 138 valence electrons. The van der Waals surface area contributed by atoms with Crippen LogP contribution in [0.4, 0.5) is 4.39 Å². The van der Waals surface area contributed by atoms with Crippen LogP contribution < -0.4 is 14.8 Å². The second-order valence-electron chi connectivity index (χ2n) is 5.82. The zero-order chi connectivity index (χ0) is 19.1. The van der Waals surface area contributed by atoms with E-state index in [9.17, 15) is 9.18 Å². The van der Waals surface area contributed by atoms with E-state index < -0.39 is 11.9 Å². The van der Waals surface area contributed by atoms with Crippen molar-refractivity contribution in [3.63, 3.8) is 0 Å². The van der Waals surface area contributed by atoms with Gasteiger partial charge < -0.3 is 14.8 Å². The summed E-state index contributed by atoms with van der Waals surface area (Å²) in [4.78, 5) is 16.5. The van der Waals surface area contributed by atoms with Gasteiger partial charge in [0.25, 0.3) is 5.91 Å². The summed E-state index contributed by atoms with van der Waals surface area (Å²) in [5.41, 5.74) is 0.669. The van der Waals surface area contributed by atoms with Crippen molar-refractivity contribution < 1.29 is 18.7 Å². The number of carbonyl (C=O) groups excluding carboxylic acids is 1. The summed E-state index contributed by atoms with van der Waals surface area (Å²) in [6.07, 6.45) is 0.915. The van der Waals surface area contributed by atoms with Crippen LogP contribution in [0.15, 0.2) is 72.9 Å². The lowest BCUT2D eigenvalue weighted by atomic mass is 10.2. The maximum atomic E-state index is 13.3. The van der Waals surface area contributed by atoms with Gasteiger partial charge in [0.05, 0.1) is 0 Å². The molecule has 0 radical (unpaired) electrons. The Morgan fingerprint density at radius 2 is 1.85 bits per heavy atom. The Hall–Kier alpha value is -3.41. The number of para-hydroxylation sites is 1. The van der Waals surface area contributed by atoms with E-state index in [1.165, 1.54) is 12.1 Å². The van der Waals surface area contributed by atoms with Crippen LogP contribution in [-0.4, -0.2) is 17.0 Å². The fourth-order valence-corrected chi connectivity index (χ4v) is 2.38. The van der Waals surface area contributed by atoms with Gasteiger partial charge >= 0.3 is 0 Å². The lowest BCUT2D eigenvalue weighted by Crippen LogP contribution is -2.36. The molecule has 3 rings (SSSR count). The Morgan fingerprint density at radius 3 is 2.63 bits per heavy atom. The third-order valence-corrected chi connectivity index (χ3v) is 3.74. The van der Waals surface area contributed by atoms with Gasteiger partial charge in [0.1, 0.15) is 17.3 Å². The average Bonchev–Trinajstić information content (AvgIpc) is 2.68. The summed E-state index contributed by atoms with van der Waals surface area (Å²) in [5.74, 6) is 0.600. The average molecular weight is 366 g/mol. The minimum atomic E-state index is -0.656. The van der Waals surface area contributed by atoms with E-state index in [2.05, 4.69) is 10.3 Å². The SMILES string of the molecule is C[C@H](Oc1ccccc1)C(=O)NCc1cccnc1Oc1cccc(F)c1. The van der Waals surface area contributed by atoms with Gasteiger partial charge in [-0.25, -0.2) is 9.37 Å². The van der Waals surface area contributed by atoms with Crippen LogP contribution in [0, 0.1) is 5.82 Å². The van der Waals surface area contributed by atoms with E-state index >= 15 is 0 Å². The molecular weight excluding hydrogens is 347 g/mol. The summed E-state index contributed by atoms with van der Waals surface area (Å²) in [6, 6.07) is 18.4. The number of ether oxygens (including phenoxy) is 2. The molecule has 27 heavy (non-hydrogen) atoms. The van der Waals surface area contributed by atoms with Crippen LogP contribution in [-0.2, 0) is 11.3 Å². The van der Waals surface area contributed by atoms with E-state index in [4.69, 9.17) is 9.47 Å². The lowest BCUT2D eigenvalue weighted by Gasteiger charge is -2.15. The van der Waals surface area contributed by atoms with Gasteiger partial charge in [-0.15, -0.1) is 0 Å². The van der Waals surface area contributed by atoms with Gasteiger partial charge in [0, 0.05) is 24.4 Å². The predicted octanol–water partition coefficient (Wildman–Crippen LogP) is 4.10. The largest absolute Gasteiger partial charge is 0.481 e. The van der Waals surface area contributed by atoms with Crippen molar-refractivity contribution in [2.24, 2.45) is 0 Å². The predicted molar refractivity (Wildman–Crippen MR) is 99.1 cm³/mol. The van der Waals surface area contributed by atoms with E-state index in [-0.39, 0.29) is 12.5 Å². The quantitative estimate of drug-likeness (QED) is 0.684. The monoisotopic (exact) mass is 366 g/mol. The van der Waals surface area contributed by atoms with Crippen molar-refractivity contribution >= 4 is 5.91 Å². The minimum Gasteiger partial charge on any atom is -0.481 e. The number of hydrogen-bond donors (Lipinski definition) is 1. The van der Waals surface area contributed by atoms with Crippen molar-refractivity contribution in [2.45, 2.75) is 19.6 Å². The molecule has 0 fully saturated rings. The molecule has 1 heterocycles. The first kappa shape index (κ1) is 18.4. The number of halogens is 1. The van der Waals surface area contributed by atoms with Gasteiger partial charge in [-0.2, -0.15) is 0 Å². The molecule has 0 aliphatic carbocycles. The van der Waals surface area contributed by atoms with Crippen molar-refractivity contribution in [3.8, 4) is 17.4 Å². The first-order valence-corrected chi connectivity index (χ1v) is 8.48. The second kappa shape index (κ2) is 8.80. The molecule has 0 aliphatic heterocycles. The summed E-state index contributed by atoms with van der Waals surface area (Å²) >= 11 is 0. The molecule has 0 saturated heterocycles. The summed E-state index contributed by atoms with van der Waals surface area (Å²) in [6.45, 7) is 1.88. The Kier molecular flexibility index (Phi) is 5.99. The Morgan fingerprint density at radius 1 is 1.07 bits per heavy atom. The van der Waals surface area contributed by atoms with E-state index in [0.717, 1.165) is 0 Å². The molecule has 0 aliphatic rings. The molecular formula is C21H19FN2O3. The second-order valence-corrected chi connectivity index (χ2v) is 5.82. The molecule has 5 nitrogen and oxygen atoms in total. The fraction of sp³-hybridized carbons (Fsp3) is 0.143. The molecule has 1 aromatic heterocycles. The maximum absolute atomic E-state index is 13.3. The van der Waals surface area contributed by atoms with Gasteiger partial charge in [-0.05, 0) is 37.3 Å². The van der Waals surface area contributed by atoms with Crippen LogP contribution in [0.25, 0.3) is 0 Å². The standard InChI is InChI=1S/C21H19FN2O3/c1-15(26-18-9-3-2-4-10-18)20(25)24-14-16-7-6-12-23-21(16)27-19-11-5-8-17(22)13-19/h2-13,15H,14H2,1H3,(H,24,25)/t15-/m0/s1. The third kappa shape index (κ3) is 5.28. The third-order valence-electron chi connectivity index (χ3n) is 3.74. The molecule has 2 aromatic carbocycles. The highest BCUT2D eigenvalue weighted by Crippen LogP contribution is 2.23.